The summed E-state index contributed by atoms with van der Waals surface area (Å²) in [6.07, 6.45) is 8.03. The number of hydrogen-bond donors (Lipinski definition) is 1. The molecular formula is C20H29N3O. The lowest BCUT2D eigenvalue weighted by Gasteiger charge is -2.53. The number of carbonyl (C=O) groups excluding carboxylic acids is 1. The Bertz CT molecular complexity index is 590. The average Bonchev–Trinajstić information content (AvgIpc) is 3.37. The Labute approximate surface area is 145 Å². The van der Waals surface area contributed by atoms with Crippen LogP contribution in [0.3, 0.4) is 0 Å². The second-order valence-corrected chi connectivity index (χ2v) is 8.08. The minimum absolute atomic E-state index is 0.160. The normalized spacial score (nSPS) is 25.6. The molecule has 2 saturated carbocycles. The summed E-state index contributed by atoms with van der Waals surface area (Å²) in [7, 11) is 0. The van der Waals surface area contributed by atoms with E-state index in [9.17, 15) is 4.79 Å². The predicted octanol–water partition coefficient (Wildman–Crippen LogP) is 2.53. The van der Waals surface area contributed by atoms with Gasteiger partial charge in [0.1, 0.15) is 0 Å². The van der Waals surface area contributed by atoms with Crippen molar-refractivity contribution in [1.82, 2.24) is 9.80 Å². The van der Waals surface area contributed by atoms with Gasteiger partial charge in [-0.05, 0) is 31.2 Å². The Morgan fingerprint density at radius 3 is 2.38 bits per heavy atom. The van der Waals surface area contributed by atoms with Crippen LogP contribution in [0.15, 0.2) is 30.3 Å². The van der Waals surface area contributed by atoms with Gasteiger partial charge in [0, 0.05) is 31.7 Å². The highest BCUT2D eigenvalue weighted by molar-refractivity contribution is 5.89. The van der Waals surface area contributed by atoms with Gasteiger partial charge in [-0.15, -0.1) is 0 Å². The van der Waals surface area contributed by atoms with E-state index in [0.29, 0.717) is 0 Å². The van der Waals surface area contributed by atoms with E-state index in [-0.39, 0.29) is 11.4 Å². The quantitative estimate of drug-likeness (QED) is 0.928. The summed E-state index contributed by atoms with van der Waals surface area (Å²) in [6.45, 7) is 3.66. The lowest BCUT2D eigenvalue weighted by atomic mass is 9.78. The van der Waals surface area contributed by atoms with Gasteiger partial charge >= 0.3 is 0 Å². The Morgan fingerprint density at radius 1 is 1.00 bits per heavy atom. The van der Waals surface area contributed by atoms with Crippen molar-refractivity contribution >= 4 is 5.91 Å². The second-order valence-electron chi connectivity index (χ2n) is 8.08. The van der Waals surface area contributed by atoms with E-state index < -0.39 is 5.54 Å². The molecule has 1 heterocycles. The minimum atomic E-state index is -0.530. The van der Waals surface area contributed by atoms with Crippen molar-refractivity contribution < 1.29 is 4.79 Å². The van der Waals surface area contributed by atoms with Gasteiger partial charge in [-0.2, -0.15) is 0 Å². The molecule has 0 unspecified atom stereocenters. The number of piperazine rings is 1. The first-order chi connectivity index (χ1) is 11.6. The largest absolute Gasteiger partial charge is 0.338 e. The summed E-state index contributed by atoms with van der Waals surface area (Å²) >= 11 is 0. The molecule has 1 aromatic carbocycles. The van der Waals surface area contributed by atoms with E-state index in [1.807, 2.05) is 0 Å². The van der Waals surface area contributed by atoms with Crippen molar-refractivity contribution in [2.45, 2.75) is 62.6 Å². The summed E-state index contributed by atoms with van der Waals surface area (Å²) in [5.74, 6) is 0.201. The number of nitrogens with two attached hydrogens (primary N) is 1. The molecule has 3 fully saturated rings. The van der Waals surface area contributed by atoms with Crippen molar-refractivity contribution in [3.8, 4) is 0 Å². The van der Waals surface area contributed by atoms with Crippen molar-refractivity contribution in [2.24, 2.45) is 5.73 Å². The van der Waals surface area contributed by atoms with Crippen LogP contribution in [0.2, 0.25) is 0 Å². The van der Waals surface area contributed by atoms with Gasteiger partial charge in [-0.25, -0.2) is 0 Å². The van der Waals surface area contributed by atoms with E-state index in [1.54, 1.807) is 0 Å². The van der Waals surface area contributed by atoms with E-state index in [0.717, 1.165) is 39.0 Å². The maximum Gasteiger partial charge on any atom is 0.242 e. The Balaban J connectivity index is 1.53. The summed E-state index contributed by atoms with van der Waals surface area (Å²) in [4.78, 5) is 17.5. The molecule has 0 bridgehead atoms. The fourth-order valence-corrected chi connectivity index (χ4v) is 4.58. The number of amides is 1. The Kier molecular flexibility index (Phi) is 4.13. The number of rotatable bonds is 3. The van der Waals surface area contributed by atoms with Gasteiger partial charge in [0.05, 0.1) is 5.54 Å². The first-order valence-corrected chi connectivity index (χ1v) is 9.49. The van der Waals surface area contributed by atoms with Crippen LogP contribution in [-0.2, 0) is 11.3 Å². The fraction of sp³-hybridized carbons (Fsp3) is 0.650. The zero-order valence-corrected chi connectivity index (χ0v) is 14.5. The average molecular weight is 327 g/mol. The van der Waals surface area contributed by atoms with Crippen LogP contribution in [0.25, 0.3) is 0 Å². The van der Waals surface area contributed by atoms with E-state index >= 15 is 0 Å². The van der Waals surface area contributed by atoms with Gasteiger partial charge in [-0.1, -0.05) is 49.6 Å². The Hall–Kier alpha value is -1.39. The van der Waals surface area contributed by atoms with Gasteiger partial charge < -0.3 is 10.6 Å². The number of benzene rings is 1. The zero-order chi connectivity index (χ0) is 16.6. The monoisotopic (exact) mass is 327 g/mol. The molecule has 2 aliphatic carbocycles. The molecule has 1 saturated heterocycles. The topological polar surface area (TPSA) is 49.6 Å². The van der Waals surface area contributed by atoms with Crippen LogP contribution in [0.1, 0.15) is 50.5 Å². The maximum atomic E-state index is 12.8. The van der Waals surface area contributed by atoms with Gasteiger partial charge in [0.15, 0.2) is 0 Å². The lowest BCUT2D eigenvalue weighted by molar-refractivity contribution is -0.141. The summed E-state index contributed by atoms with van der Waals surface area (Å²) in [5.41, 5.74) is 7.20. The van der Waals surface area contributed by atoms with E-state index in [4.69, 9.17) is 5.73 Å². The zero-order valence-electron chi connectivity index (χ0n) is 14.5. The third kappa shape index (κ3) is 2.98. The standard InChI is InChI=1S/C20H29N3O/c21-20(11-12-20)18(24)22-13-14-23(15-17-7-3-1-4-8-17)19(16-22)9-5-2-6-10-19/h1,3-4,7-8H,2,5-6,9-16,21H2. The molecule has 4 nitrogen and oxygen atoms in total. The Morgan fingerprint density at radius 2 is 1.71 bits per heavy atom. The molecule has 0 radical (unpaired) electrons. The highest BCUT2D eigenvalue weighted by atomic mass is 16.2. The molecule has 3 aliphatic rings. The SMILES string of the molecule is NC1(C(=O)N2CCN(Cc3ccccc3)C3(CCCCC3)C2)CC1. The number of carbonyl (C=O) groups is 1. The molecule has 1 spiro atoms. The van der Waals surface area contributed by atoms with Gasteiger partial charge in [0.2, 0.25) is 5.91 Å². The molecule has 1 amide bonds. The van der Waals surface area contributed by atoms with Crippen LogP contribution in [0.4, 0.5) is 0 Å². The van der Waals surface area contributed by atoms with Crippen molar-refractivity contribution in [1.29, 1.82) is 0 Å². The predicted molar refractivity (Wildman–Crippen MR) is 95.4 cm³/mol. The molecular weight excluding hydrogens is 298 g/mol. The molecule has 1 aliphatic heterocycles. The summed E-state index contributed by atoms with van der Waals surface area (Å²) < 4.78 is 0. The van der Waals surface area contributed by atoms with Crippen LogP contribution < -0.4 is 5.73 Å². The van der Waals surface area contributed by atoms with Gasteiger partial charge in [-0.3, -0.25) is 9.69 Å². The molecule has 24 heavy (non-hydrogen) atoms. The minimum Gasteiger partial charge on any atom is -0.338 e. The van der Waals surface area contributed by atoms with E-state index in [2.05, 4.69) is 40.1 Å². The number of nitrogens with zero attached hydrogens (tertiary/aromatic N) is 2. The first kappa shape index (κ1) is 16.1. The van der Waals surface area contributed by atoms with E-state index in [1.165, 1.54) is 37.7 Å². The summed E-state index contributed by atoms with van der Waals surface area (Å²) in [6, 6.07) is 10.7. The molecule has 4 rings (SSSR count). The van der Waals surface area contributed by atoms with Crippen LogP contribution in [-0.4, -0.2) is 46.4 Å². The number of hydrogen-bond acceptors (Lipinski definition) is 3. The molecule has 4 heteroatoms. The molecule has 130 valence electrons. The fourth-order valence-electron chi connectivity index (χ4n) is 4.58. The highest BCUT2D eigenvalue weighted by Crippen LogP contribution is 2.40. The van der Waals surface area contributed by atoms with Crippen molar-refractivity contribution in [2.75, 3.05) is 19.6 Å². The third-order valence-electron chi connectivity index (χ3n) is 6.30. The molecule has 2 N–H and O–H groups in total. The summed E-state index contributed by atoms with van der Waals surface area (Å²) in [5, 5.41) is 0. The second kappa shape index (κ2) is 6.16. The van der Waals surface area contributed by atoms with Crippen LogP contribution in [0.5, 0.6) is 0 Å². The molecule has 0 atom stereocenters. The maximum absolute atomic E-state index is 12.8. The van der Waals surface area contributed by atoms with Crippen molar-refractivity contribution in [3.05, 3.63) is 35.9 Å². The smallest absolute Gasteiger partial charge is 0.242 e. The lowest BCUT2D eigenvalue weighted by Crippen LogP contribution is -2.65. The third-order valence-corrected chi connectivity index (χ3v) is 6.30. The van der Waals surface area contributed by atoms with Crippen LogP contribution in [0, 0.1) is 0 Å². The first-order valence-electron chi connectivity index (χ1n) is 9.49. The van der Waals surface area contributed by atoms with Crippen LogP contribution >= 0.6 is 0 Å². The van der Waals surface area contributed by atoms with Gasteiger partial charge in [0.25, 0.3) is 0 Å². The molecule has 1 aromatic rings. The highest BCUT2D eigenvalue weighted by Gasteiger charge is 2.51. The van der Waals surface area contributed by atoms with Crippen molar-refractivity contribution in [3.63, 3.8) is 0 Å². The molecule has 0 aromatic heterocycles.